The van der Waals surface area contributed by atoms with E-state index in [0.717, 1.165) is 48.9 Å². The molecule has 0 spiro atoms. The van der Waals surface area contributed by atoms with E-state index < -0.39 is 11.2 Å². The fourth-order valence-electron chi connectivity index (χ4n) is 8.80. The van der Waals surface area contributed by atoms with Crippen molar-refractivity contribution in [3.8, 4) is 0 Å². The average molecular weight is 391 g/mol. The van der Waals surface area contributed by atoms with E-state index in [0.29, 0.717) is 10.8 Å². The Hall–Kier alpha value is -0.0800. The maximum atomic E-state index is 10.7. The van der Waals surface area contributed by atoms with Gasteiger partial charge in [-0.3, -0.25) is 0 Å². The van der Waals surface area contributed by atoms with Crippen LogP contribution in [-0.4, -0.2) is 21.4 Å². The standard InChI is InChI=1S/C26H46O2/c1-23(2,27)13-6-7-18-9-11-21-20-10-8-19-17-24(3,28)15-16-26(19,5)22(20)12-14-25(18,21)4/h18-22,27-28H,6-17H2,1-5H3/t18?,19?,20?,21?,22?,24-,25?,26?/m0/s1. The second-order valence-electron chi connectivity index (χ2n) is 12.9. The molecule has 7 unspecified atom stereocenters. The lowest BCUT2D eigenvalue weighted by atomic mass is 9.44. The molecular weight excluding hydrogens is 344 g/mol. The molecule has 2 heteroatoms. The molecule has 4 rings (SSSR count). The molecule has 8 atom stereocenters. The Morgan fingerprint density at radius 1 is 0.857 bits per heavy atom. The largest absolute Gasteiger partial charge is 0.390 e. The Balaban J connectivity index is 1.46. The van der Waals surface area contributed by atoms with Gasteiger partial charge in [0.05, 0.1) is 11.2 Å². The monoisotopic (exact) mass is 390 g/mol. The third-order valence-electron chi connectivity index (χ3n) is 10.5. The molecule has 4 fully saturated rings. The minimum absolute atomic E-state index is 0.418. The number of hydrogen-bond acceptors (Lipinski definition) is 2. The Bertz CT molecular complexity index is 575. The second kappa shape index (κ2) is 6.98. The zero-order chi connectivity index (χ0) is 20.4. The van der Waals surface area contributed by atoms with Crippen molar-refractivity contribution in [2.24, 2.45) is 40.4 Å². The highest BCUT2D eigenvalue weighted by atomic mass is 16.3. The molecule has 0 radical (unpaired) electrons. The minimum atomic E-state index is -0.508. The van der Waals surface area contributed by atoms with Gasteiger partial charge in [0.25, 0.3) is 0 Å². The third kappa shape index (κ3) is 3.59. The van der Waals surface area contributed by atoms with Crippen LogP contribution in [0.25, 0.3) is 0 Å². The number of rotatable bonds is 4. The van der Waals surface area contributed by atoms with Gasteiger partial charge in [0, 0.05) is 0 Å². The van der Waals surface area contributed by atoms with Crippen molar-refractivity contribution in [1.29, 1.82) is 0 Å². The lowest BCUT2D eigenvalue weighted by Gasteiger charge is -2.62. The lowest BCUT2D eigenvalue weighted by Crippen LogP contribution is -2.55. The topological polar surface area (TPSA) is 40.5 Å². The first kappa shape index (κ1) is 21.2. The maximum absolute atomic E-state index is 10.7. The summed E-state index contributed by atoms with van der Waals surface area (Å²) in [7, 11) is 0. The maximum Gasteiger partial charge on any atom is 0.0622 e. The molecule has 0 aliphatic heterocycles. The molecule has 0 aromatic carbocycles. The van der Waals surface area contributed by atoms with Gasteiger partial charge in [-0.1, -0.05) is 20.3 Å². The molecule has 2 N–H and O–H groups in total. The molecule has 0 saturated heterocycles. The highest BCUT2D eigenvalue weighted by Gasteiger charge is 2.60. The molecule has 0 heterocycles. The fourth-order valence-corrected chi connectivity index (χ4v) is 8.80. The van der Waals surface area contributed by atoms with Gasteiger partial charge in [0.1, 0.15) is 0 Å². The van der Waals surface area contributed by atoms with Crippen molar-refractivity contribution in [1.82, 2.24) is 0 Å². The molecule has 4 aliphatic rings. The van der Waals surface area contributed by atoms with E-state index in [2.05, 4.69) is 20.8 Å². The Morgan fingerprint density at radius 3 is 2.29 bits per heavy atom. The molecule has 0 aromatic heterocycles. The quantitative estimate of drug-likeness (QED) is 0.588. The van der Waals surface area contributed by atoms with Crippen LogP contribution in [0.1, 0.15) is 112 Å². The minimum Gasteiger partial charge on any atom is -0.390 e. The van der Waals surface area contributed by atoms with Crippen molar-refractivity contribution in [2.45, 2.75) is 123 Å². The number of fused-ring (bicyclic) bond motifs is 5. The summed E-state index contributed by atoms with van der Waals surface area (Å²) in [4.78, 5) is 0. The Morgan fingerprint density at radius 2 is 1.57 bits per heavy atom. The van der Waals surface area contributed by atoms with E-state index >= 15 is 0 Å². The molecular formula is C26H46O2. The van der Waals surface area contributed by atoms with Crippen molar-refractivity contribution in [2.75, 3.05) is 0 Å². The summed E-state index contributed by atoms with van der Waals surface area (Å²) in [5, 5.41) is 20.8. The Kier molecular flexibility index (Phi) is 5.27. The number of aliphatic hydroxyl groups is 2. The lowest BCUT2D eigenvalue weighted by molar-refractivity contribution is -0.146. The highest BCUT2D eigenvalue weighted by Crippen LogP contribution is 2.68. The first-order valence-electron chi connectivity index (χ1n) is 12.4. The summed E-state index contributed by atoms with van der Waals surface area (Å²) in [5.41, 5.74) is 0.0977. The van der Waals surface area contributed by atoms with Crippen LogP contribution in [0.2, 0.25) is 0 Å². The first-order chi connectivity index (χ1) is 12.9. The molecule has 4 aliphatic carbocycles. The molecule has 4 saturated carbocycles. The summed E-state index contributed by atoms with van der Waals surface area (Å²) in [5.74, 6) is 4.38. The average Bonchev–Trinajstić information content (AvgIpc) is 2.91. The van der Waals surface area contributed by atoms with E-state index in [1.165, 1.54) is 57.8 Å². The van der Waals surface area contributed by atoms with Crippen LogP contribution in [0, 0.1) is 40.4 Å². The second-order valence-corrected chi connectivity index (χ2v) is 12.9. The van der Waals surface area contributed by atoms with Gasteiger partial charge in [-0.15, -0.1) is 0 Å². The smallest absolute Gasteiger partial charge is 0.0622 e. The van der Waals surface area contributed by atoms with Gasteiger partial charge in [-0.25, -0.2) is 0 Å². The molecule has 0 amide bonds. The van der Waals surface area contributed by atoms with Crippen molar-refractivity contribution >= 4 is 0 Å². The summed E-state index contributed by atoms with van der Waals surface area (Å²) in [6, 6.07) is 0. The van der Waals surface area contributed by atoms with Crippen LogP contribution in [-0.2, 0) is 0 Å². The SMILES string of the molecule is CC(C)(O)CCCC1CCC2C3CCC4C[C@@](C)(O)CCC4(C)C3CCC12C. The molecule has 0 aromatic rings. The van der Waals surface area contributed by atoms with Crippen LogP contribution >= 0.6 is 0 Å². The van der Waals surface area contributed by atoms with Crippen LogP contribution in [0.5, 0.6) is 0 Å². The Labute approximate surface area is 173 Å². The van der Waals surface area contributed by atoms with Crippen LogP contribution in [0.3, 0.4) is 0 Å². The molecule has 162 valence electrons. The van der Waals surface area contributed by atoms with Crippen LogP contribution < -0.4 is 0 Å². The normalized spacial score (nSPS) is 51.3. The van der Waals surface area contributed by atoms with Crippen molar-refractivity contribution < 1.29 is 10.2 Å². The zero-order valence-corrected chi connectivity index (χ0v) is 19.3. The molecule has 2 nitrogen and oxygen atoms in total. The zero-order valence-electron chi connectivity index (χ0n) is 19.3. The van der Waals surface area contributed by atoms with E-state index in [1.54, 1.807) is 0 Å². The van der Waals surface area contributed by atoms with E-state index in [-0.39, 0.29) is 0 Å². The first-order valence-corrected chi connectivity index (χ1v) is 12.4. The van der Waals surface area contributed by atoms with Gasteiger partial charge in [-0.05, 0) is 132 Å². The van der Waals surface area contributed by atoms with Gasteiger partial charge in [0.2, 0.25) is 0 Å². The van der Waals surface area contributed by atoms with Crippen molar-refractivity contribution in [3.63, 3.8) is 0 Å². The van der Waals surface area contributed by atoms with Gasteiger partial charge in [0.15, 0.2) is 0 Å². The van der Waals surface area contributed by atoms with Gasteiger partial charge < -0.3 is 10.2 Å². The number of hydrogen-bond donors (Lipinski definition) is 2. The predicted octanol–water partition coefficient (Wildman–Crippen LogP) is 6.34. The van der Waals surface area contributed by atoms with Gasteiger partial charge in [-0.2, -0.15) is 0 Å². The molecule has 0 bridgehead atoms. The third-order valence-corrected chi connectivity index (χ3v) is 10.5. The fraction of sp³-hybridized carbons (Fsp3) is 1.00. The van der Waals surface area contributed by atoms with E-state index in [4.69, 9.17) is 0 Å². The van der Waals surface area contributed by atoms with Crippen LogP contribution in [0.4, 0.5) is 0 Å². The van der Waals surface area contributed by atoms with Crippen molar-refractivity contribution in [3.05, 3.63) is 0 Å². The summed E-state index contributed by atoms with van der Waals surface area (Å²) < 4.78 is 0. The van der Waals surface area contributed by atoms with E-state index in [1.807, 2.05) is 13.8 Å². The van der Waals surface area contributed by atoms with E-state index in [9.17, 15) is 10.2 Å². The van der Waals surface area contributed by atoms with Gasteiger partial charge >= 0.3 is 0 Å². The van der Waals surface area contributed by atoms with Crippen LogP contribution in [0.15, 0.2) is 0 Å². The molecule has 28 heavy (non-hydrogen) atoms. The highest BCUT2D eigenvalue weighted by molar-refractivity contribution is 5.10. The summed E-state index contributed by atoms with van der Waals surface area (Å²) in [6.45, 7) is 11.2. The summed E-state index contributed by atoms with van der Waals surface area (Å²) in [6.07, 6.45) is 15.2. The summed E-state index contributed by atoms with van der Waals surface area (Å²) >= 11 is 0. The predicted molar refractivity (Wildman–Crippen MR) is 116 cm³/mol.